The number of benzene rings is 2. The van der Waals surface area contributed by atoms with Crippen LogP contribution in [-0.4, -0.2) is 23.8 Å². The molecule has 1 aliphatic carbocycles. The van der Waals surface area contributed by atoms with Crippen molar-refractivity contribution in [2.75, 3.05) is 7.05 Å². The molecule has 1 atom stereocenters. The zero-order chi connectivity index (χ0) is 20.5. The highest BCUT2D eigenvalue weighted by atomic mass is 19.2. The number of likely N-dealkylation sites (N-methyl/N-ethyl adjacent to an activating group) is 1. The van der Waals surface area contributed by atoms with Gasteiger partial charge in [-0.3, -0.25) is 14.6 Å². The lowest BCUT2D eigenvalue weighted by atomic mass is 9.99. The van der Waals surface area contributed by atoms with E-state index in [1.807, 2.05) is 24.3 Å². The third-order valence-corrected chi connectivity index (χ3v) is 5.21. The minimum Gasteiger partial charge on any atom is -0.357 e. The topological polar surface area (TPSA) is 71.1 Å². The van der Waals surface area contributed by atoms with E-state index in [9.17, 15) is 18.4 Å². The van der Waals surface area contributed by atoms with Gasteiger partial charge in [-0.15, -0.1) is 0 Å². The number of nitrogens with zero attached hydrogens (tertiary/aromatic N) is 1. The van der Waals surface area contributed by atoms with E-state index >= 15 is 0 Å². The summed E-state index contributed by atoms with van der Waals surface area (Å²) in [5, 5.41) is 5.86. The number of amides is 2. The standard InChI is InChI=1S/C22H19F2N3O2/c1-25-22(29)20(12-9-10-15(23)16(24)11-12)27-21(28)19-13-5-2-3-7-17(13)26-18-8-4-6-14(18)19/h2-3,5,7,9-11,20H,4,6,8H2,1H3,(H,25,29)(H,27,28)/t20-/m0/s1. The van der Waals surface area contributed by atoms with E-state index in [-0.39, 0.29) is 5.56 Å². The van der Waals surface area contributed by atoms with Crippen molar-refractivity contribution in [2.24, 2.45) is 0 Å². The van der Waals surface area contributed by atoms with Crippen LogP contribution in [0.2, 0.25) is 0 Å². The first-order valence-electron chi connectivity index (χ1n) is 9.37. The summed E-state index contributed by atoms with van der Waals surface area (Å²) in [4.78, 5) is 30.4. The van der Waals surface area contributed by atoms with Crippen LogP contribution in [0, 0.1) is 11.6 Å². The van der Waals surface area contributed by atoms with Gasteiger partial charge in [-0.2, -0.15) is 0 Å². The van der Waals surface area contributed by atoms with E-state index in [1.165, 1.54) is 13.1 Å². The van der Waals surface area contributed by atoms with E-state index < -0.39 is 29.5 Å². The molecular formula is C22H19F2N3O2. The molecule has 0 fully saturated rings. The Morgan fingerprint density at radius 1 is 1.07 bits per heavy atom. The fourth-order valence-electron chi connectivity index (χ4n) is 3.81. The summed E-state index contributed by atoms with van der Waals surface area (Å²) < 4.78 is 27.1. The Labute approximate surface area is 166 Å². The fraction of sp³-hybridized carbons (Fsp3) is 0.227. The minimum absolute atomic E-state index is 0.159. The lowest BCUT2D eigenvalue weighted by Crippen LogP contribution is -2.39. The van der Waals surface area contributed by atoms with Crippen LogP contribution >= 0.6 is 0 Å². The van der Waals surface area contributed by atoms with Gasteiger partial charge >= 0.3 is 0 Å². The van der Waals surface area contributed by atoms with Gasteiger partial charge in [-0.25, -0.2) is 8.78 Å². The van der Waals surface area contributed by atoms with Gasteiger partial charge in [0.05, 0.1) is 11.1 Å². The van der Waals surface area contributed by atoms with Crippen LogP contribution in [0.25, 0.3) is 10.9 Å². The van der Waals surface area contributed by atoms with E-state index in [0.29, 0.717) is 16.5 Å². The zero-order valence-corrected chi connectivity index (χ0v) is 15.8. The number of carbonyl (C=O) groups excluding carboxylic acids is 2. The van der Waals surface area contributed by atoms with E-state index in [0.717, 1.165) is 42.7 Å². The van der Waals surface area contributed by atoms with Crippen molar-refractivity contribution in [3.05, 3.63) is 76.5 Å². The summed E-state index contributed by atoms with van der Waals surface area (Å²) in [7, 11) is 1.42. The first-order chi connectivity index (χ1) is 14.0. The lowest BCUT2D eigenvalue weighted by molar-refractivity contribution is -0.122. The van der Waals surface area contributed by atoms with Gasteiger partial charge in [-0.1, -0.05) is 24.3 Å². The summed E-state index contributed by atoms with van der Waals surface area (Å²) >= 11 is 0. The Bertz CT molecular complexity index is 1130. The largest absolute Gasteiger partial charge is 0.357 e. The SMILES string of the molecule is CNC(=O)[C@@H](NC(=O)c1c2c(nc3ccccc13)CCC2)c1ccc(F)c(F)c1. The number of pyridine rings is 1. The van der Waals surface area contributed by atoms with Gasteiger partial charge in [-0.05, 0) is 48.6 Å². The van der Waals surface area contributed by atoms with Gasteiger partial charge in [0.2, 0.25) is 5.91 Å². The highest BCUT2D eigenvalue weighted by Crippen LogP contribution is 2.30. The van der Waals surface area contributed by atoms with E-state index in [1.54, 1.807) is 0 Å². The van der Waals surface area contributed by atoms with Gasteiger partial charge in [0.25, 0.3) is 5.91 Å². The molecule has 0 saturated carbocycles. The molecule has 1 aliphatic rings. The number of fused-ring (bicyclic) bond motifs is 2. The van der Waals surface area contributed by atoms with Crippen molar-refractivity contribution in [3.63, 3.8) is 0 Å². The third-order valence-electron chi connectivity index (χ3n) is 5.21. The van der Waals surface area contributed by atoms with Gasteiger partial charge in [0.1, 0.15) is 6.04 Å². The molecule has 0 saturated heterocycles. The molecule has 0 unspecified atom stereocenters. The third kappa shape index (κ3) is 3.44. The maximum absolute atomic E-state index is 13.7. The second-order valence-corrected chi connectivity index (χ2v) is 6.98. The highest BCUT2D eigenvalue weighted by molar-refractivity contribution is 6.09. The number of halogens is 2. The van der Waals surface area contributed by atoms with Crippen LogP contribution < -0.4 is 10.6 Å². The molecule has 0 aliphatic heterocycles. The quantitative estimate of drug-likeness (QED) is 0.713. The Morgan fingerprint density at radius 2 is 1.86 bits per heavy atom. The van der Waals surface area contributed by atoms with Crippen molar-refractivity contribution in [2.45, 2.75) is 25.3 Å². The number of nitrogens with one attached hydrogen (secondary N) is 2. The number of aryl methyl sites for hydroxylation is 1. The fourth-order valence-corrected chi connectivity index (χ4v) is 3.81. The maximum Gasteiger partial charge on any atom is 0.253 e. The Kier molecular flexibility index (Phi) is 4.96. The molecule has 5 nitrogen and oxygen atoms in total. The molecule has 29 heavy (non-hydrogen) atoms. The zero-order valence-electron chi connectivity index (χ0n) is 15.8. The van der Waals surface area contributed by atoms with Crippen LogP contribution in [0.15, 0.2) is 42.5 Å². The molecule has 1 heterocycles. The smallest absolute Gasteiger partial charge is 0.253 e. The molecule has 148 valence electrons. The lowest BCUT2D eigenvalue weighted by Gasteiger charge is -2.20. The van der Waals surface area contributed by atoms with Crippen LogP contribution in [0.1, 0.15) is 39.6 Å². The summed E-state index contributed by atoms with van der Waals surface area (Å²) in [6, 6.07) is 9.33. The summed E-state index contributed by atoms with van der Waals surface area (Å²) in [5.41, 5.74) is 3.12. The first-order valence-corrected chi connectivity index (χ1v) is 9.37. The molecule has 4 rings (SSSR count). The number of para-hydroxylation sites is 1. The monoisotopic (exact) mass is 395 g/mol. The van der Waals surface area contributed by atoms with Crippen molar-refractivity contribution in [3.8, 4) is 0 Å². The molecule has 3 aromatic rings. The maximum atomic E-state index is 13.7. The van der Waals surface area contributed by atoms with Crippen molar-refractivity contribution in [1.29, 1.82) is 0 Å². The summed E-state index contributed by atoms with van der Waals surface area (Å²) in [5.74, 6) is -3.07. The molecule has 2 amide bonds. The van der Waals surface area contributed by atoms with Crippen LogP contribution in [0.5, 0.6) is 0 Å². The predicted molar refractivity (Wildman–Crippen MR) is 104 cm³/mol. The number of hydrogen-bond donors (Lipinski definition) is 2. The Hall–Kier alpha value is -3.35. The van der Waals surface area contributed by atoms with Gasteiger partial charge in [0.15, 0.2) is 11.6 Å². The molecule has 2 N–H and O–H groups in total. The molecule has 0 spiro atoms. The number of aromatic nitrogens is 1. The number of rotatable bonds is 4. The van der Waals surface area contributed by atoms with Crippen molar-refractivity contribution >= 4 is 22.7 Å². The summed E-state index contributed by atoms with van der Waals surface area (Å²) in [6.07, 6.45) is 2.43. The Morgan fingerprint density at radius 3 is 2.62 bits per heavy atom. The van der Waals surface area contributed by atoms with Crippen LogP contribution in [0.3, 0.4) is 0 Å². The average molecular weight is 395 g/mol. The molecular weight excluding hydrogens is 376 g/mol. The highest BCUT2D eigenvalue weighted by Gasteiger charge is 2.28. The average Bonchev–Trinajstić information content (AvgIpc) is 3.19. The molecule has 0 radical (unpaired) electrons. The van der Waals surface area contributed by atoms with Gasteiger partial charge in [0, 0.05) is 18.1 Å². The van der Waals surface area contributed by atoms with Crippen molar-refractivity contribution in [1.82, 2.24) is 15.6 Å². The second-order valence-electron chi connectivity index (χ2n) is 6.98. The molecule has 1 aromatic heterocycles. The first kappa shape index (κ1) is 19.0. The van der Waals surface area contributed by atoms with Crippen LogP contribution in [0.4, 0.5) is 8.78 Å². The minimum atomic E-state index is -1.16. The van der Waals surface area contributed by atoms with Crippen LogP contribution in [-0.2, 0) is 17.6 Å². The predicted octanol–water partition coefficient (Wildman–Crippen LogP) is 3.22. The summed E-state index contributed by atoms with van der Waals surface area (Å²) in [6.45, 7) is 0. The van der Waals surface area contributed by atoms with Crippen molar-refractivity contribution < 1.29 is 18.4 Å². The number of hydrogen-bond acceptors (Lipinski definition) is 3. The molecule has 0 bridgehead atoms. The second kappa shape index (κ2) is 7.58. The Balaban J connectivity index is 1.77. The number of carbonyl (C=O) groups is 2. The molecule has 7 heteroatoms. The van der Waals surface area contributed by atoms with E-state index in [2.05, 4.69) is 15.6 Å². The normalized spacial score (nSPS) is 13.8. The van der Waals surface area contributed by atoms with Gasteiger partial charge < -0.3 is 10.6 Å². The molecule has 2 aromatic carbocycles. The van der Waals surface area contributed by atoms with E-state index in [4.69, 9.17) is 0 Å².